The standard InChI is InChI=1S/C26H46ClNO2S/c27-24-15-7-8-16-25(24)30-21-26(29)28(22-12-5-4-6-13-22)20-23-14-11-19-31(23)17-9-2-1-3-10-18-31/h22-25H,1-21H2. The van der Waals surface area contributed by atoms with Crippen LogP contribution in [0.5, 0.6) is 0 Å². The molecule has 2 saturated heterocycles. The van der Waals surface area contributed by atoms with Crippen molar-refractivity contribution < 1.29 is 9.53 Å². The molecule has 0 aromatic carbocycles. The lowest BCUT2D eigenvalue weighted by Crippen LogP contribution is -2.48. The quantitative estimate of drug-likeness (QED) is 0.406. The summed E-state index contributed by atoms with van der Waals surface area (Å²) in [6.07, 6.45) is 20.7. The van der Waals surface area contributed by atoms with Crippen LogP contribution in [-0.4, -0.2) is 64.0 Å². The molecular weight excluding hydrogens is 426 g/mol. The van der Waals surface area contributed by atoms with Crippen LogP contribution in [-0.2, 0) is 9.53 Å². The van der Waals surface area contributed by atoms with Gasteiger partial charge in [-0.1, -0.05) is 51.4 Å². The Bertz CT molecular complexity index is 560. The second-order valence-electron chi connectivity index (χ2n) is 10.7. The number of rotatable bonds is 6. The Kier molecular flexibility index (Phi) is 9.35. The first-order chi connectivity index (χ1) is 15.2. The molecule has 2 saturated carbocycles. The summed E-state index contributed by atoms with van der Waals surface area (Å²) < 4.78 is 6.15. The zero-order valence-corrected chi connectivity index (χ0v) is 21.3. The number of nitrogens with zero attached hydrogens (tertiary/aromatic N) is 1. The maximum Gasteiger partial charge on any atom is 0.248 e. The van der Waals surface area contributed by atoms with E-state index < -0.39 is 10.0 Å². The summed E-state index contributed by atoms with van der Waals surface area (Å²) in [5.74, 6) is 4.71. The fraction of sp³-hybridized carbons (Fsp3) is 0.962. The molecule has 1 amide bonds. The van der Waals surface area contributed by atoms with Crippen LogP contribution in [0.4, 0.5) is 0 Å². The molecule has 4 aliphatic rings. The van der Waals surface area contributed by atoms with Crippen molar-refractivity contribution in [3.8, 4) is 0 Å². The zero-order valence-electron chi connectivity index (χ0n) is 19.7. The Morgan fingerprint density at radius 1 is 0.774 bits per heavy atom. The monoisotopic (exact) mass is 471 g/mol. The highest BCUT2D eigenvalue weighted by atomic mass is 35.5. The largest absolute Gasteiger partial charge is 0.367 e. The van der Waals surface area contributed by atoms with Crippen molar-refractivity contribution in [3.05, 3.63) is 0 Å². The highest BCUT2D eigenvalue weighted by Gasteiger charge is 2.40. The summed E-state index contributed by atoms with van der Waals surface area (Å²) >= 11 is 6.51. The third kappa shape index (κ3) is 6.35. The highest BCUT2D eigenvalue weighted by Crippen LogP contribution is 2.61. The summed E-state index contributed by atoms with van der Waals surface area (Å²) in [7, 11) is -0.530. The summed E-state index contributed by atoms with van der Waals surface area (Å²) in [4.78, 5) is 15.9. The molecule has 3 nitrogen and oxygen atoms in total. The van der Waals surface area contributed by atoms with Gasteiger partial charge in [0.1, 0.15) is 6.61 Å². The molecule has 1 spiro atoms. The molecule has 0 N–H and O–H groups in total. The molecule has 31 heavy (non-hydrogen) atoms. The van der Waals surface area contributed by atoms with E-state index in [0.29, 0.717) is 6.04 Å². The number of hydrogen-bond acceptors (Lipinski definition) is 2. The lowest BCUT2D eigenvalue weighted by atomic mass is 9.94. The van der Waals surface area contributed by atoms with Gasteiger partial charge in [-0.15, -0.1) is 11.6 Å². The van der Waals surface area contributed by atoms with E-state index in [0.717, 1.165) is 24.6 Å². The van der Waals surface area contributed by atoms with Gasteiger partial charge in [0.15, 0.2) is 0 Å². The molecule has 0 bridgehead atoms. The van der Waals surface area contributed by atoms with Gasteiger partial charge in [-0.25, -0.2) is 10.0 Å². The number of hydrogen-bond donors (Lipinski definition) is 0. The summed E-state index contributed by atoms with van der Waals surface area (Å²) in [6, 6.07) is 0.452. The summed E-state index contributed by atoms with van der Waals surface area (Å²) in [5, 5.41) is 0.870. The van der Waals surface area contributed by atoms with Crippen LogP contribution in [0.15, 0.2) is 0 Å². The van der Waals surface area contributed by atoms with E-state index in [1.807, 2.05) is 0 Å². The number of carbonyl (C=O) groups is 1. The van der Waals surface area contributed by atoms with Crippen molar-refractivity contribution >= 4 is 27.5 Å². The Morgan fingerprint density at radius 3 is 2.13 bits per heavy atom. The minimum atomic E-state index is -0.530. The lowest BCUT2D eigenvalue weighted by Gasteiger charge is -2.46. The van der Waals surface area contributed by atoms with Crippen molar-refractivity contribution in [2.75, 3.05) is 30.4 Å². The third-order valence-electron chi connectivity index (χ3n) is 8.66. The highest BCUT2D eigenvalue weighted by molar-refractivity contribution is 8.34. The van der Waals surface area contributed by atoms with Crippen LogP contribution >= 0.6 is 21.6 Å². The molecule has 4 rings (SSSR count). The van der Waals surface area contributed by atoms with E-state index in [1.165, 1.54) is 107 Å². The molecule has 180 valence electrons. The van der Waals surface area contributed by atoms with E-state index in [2.05, 4.69) is 4.90 Å². The number of amides is 1. The molecule has 2 aliphatic heterocycles. The Labute approximate surface area is 197 Å². The van der Waals surface area contributed by atoms with Crippen LogP contribution in [0, 0.1) is 0 Å². The average Bonchev–Trinajstić information content (AvgIpc) is 3.17. The number of ether oxygens (including phenoxy) is 1. The van der Waals surface area contributed by atoms with Crippen molar-refractivity contribution in [1.29, 1.82) is 0 Å². The van der Waals surface area contributed by atoms with E-state index in [1.54, 1.807) is 0 Å². The zero-order chi connectivity index (χ0) is 21.5. The van der Waals surface area contributed by atoms with Crippen LogP contribution in [0.1, 0.15) is 103 Å². The fourth-order valence-corrected chi connectivity index (χ4v) is 12.2. The molecule has 0 aromatic rings. The summed E-state index contributed by atoms with van der Waals surface area (Å²) in [6.45, 7) is 1.27. The Morgan fingerprint density at radius 2 is 1.39 bits per heavy atom. The van der Waals surface area contributed by atoms with Crippen LogP contribution in [0.3, 0.4) is 0 Å². The number of alkyl halides is 1. The van der Waals surface area contributed by atoms with Gasteiger partial charge in [0, 0.05) is 17.8 Å². The Balaban J connectivity index is 1.42. The smallest absolute Gasteiger partial charge is 0.248 e. The van der Waals surface area contributed by atoms with Gasteiger partial charge in [-0.3, -0.25) is 4.79 Å². The van der Waals surface area contributed by atoms with Gasteiger partial charge in [-0.05, 0) is 68.6 Å². The molecular formula is C26H46ClNO2S. The van der Waals surface area contributed by atoms with Gasteiger partial charge in [0.05, 0.1) is 11.5 Å². The van der Waals surface area contributed by atoms with E-state index in [-0.39, 0.29) is 24.0 Å². The Hall–Kier alpha value is 0.0700. The maximum atomic E-state index is 13.5. The molecule has 2 aliphatic carbocycles. The normalized spacial score (nSPS) is 33.5. The second-order valence-corrected chi connectivity index (χ2v) is 15.4. The minimum absolute atomic E-state index is 0.0710. The molecule has 4 fully saturated rings. The van der Waals surface area contributed by atoms with Crippen LogP contribution in [0.2, 0.25) is 0 Å². The van der Waals surface area contributed by atoms with E-state index >= 15 is 0 Å². The molecule has 0 radical (unpaired) electrons. The molecule has 5 heteroatoms. The van der Waals surface area contributed by atoms with Gasteiger partial charge in [0.25, 0.3) is 0 Å². The molecule has 0 aromatic heterocycles. The lowest BCUT2D eigenvalue weighted by molar-refractivity contribution is -0.141. The topological polar surface area (TPSA) is 29.5 Å². The molecule has 3 unspecified atom stereocenters. The fourth-order valence-electron chi connectivity index (χ4n) is 6.78. The van der Waals surface area contributed by atoms with Gasteiger partial charge < -0.3 is 9.64 Å². The number of halogens is 1. The first kappa shape index (κ1) is 24.2. The number of carbonyl (C=O) groups excluding carboxylic acids is 1. The minimum Gasteiger partial charge on any atom is -0.367 e. The van der Waals surface area contributed by atoms with Gasteiger partial charge in [-0.2, -0.15) is 0 Å². The summed E-state index contributed by atoms with van der Waals surface area (Å²) in [5.41, 5.74) is 0. The first-order valence-electron chi connectivity index (χ1n) is 13.5. The van der Waals surface area contributed by atoms with E-state index in [9.17, 15) is 4.79 Å². The van der Waals surface area contributed by atoms with Crippen LogP contribution in [0.25, 0.3) is 0 Å². The third-order valence-corrected chi connectivity index (χ3v) is 14.3. The molecule has 2 heterocycles. The SMILES string of the molecule is O=C(COC1CCCCC1Cl)N(CC1CCCS12CCCCCCC2)C1CCCCC1. The first-order valence-corrected chi connectivity index (χ1v) is 16.1. The predicted molar refractivity (Wildman–Crippen MR) is 135 cm³/mol. The van der Waals surface area contributed by atoms with E-state index in [4.69, 9.17) is 16.3 Å². The maximum absolute atomic E-state index is 13.5. The van der Waals surface area contributed by atoms with Gasteiger partial charge in [0.2, 0.25) is 5.91 Å². The van der Waals surface area contributed by atoms with Crippen LogP contribution < -0.4 is 0 Å². The van der Waals surface area contributed by atoms with Crippen molar-refractivity contribution in [2.24, 2.45) is 0 Å². The molecule has 3 atom stereocenters. The predicted octanol–water partition coefficient (Wildman–Crippen LogP) is 6.65. The van der Waals surface area contributed by atoms with Crippen molar-refractivity contribution in [2.45, 2.75) is 126 Å². The second kappa shape index (κ2) is 12.0. The van der Waals surface area contributed by atoms with Crippen molar-refractivity contribution in [3.63, 3.8) is 0 Å². The average molecular weight is 472 g/mol. The van der Waals surface area contributed by atoms with Gasteiger partial charge >= 0.3 is 0 Å². The van der Waals surface area contributed by atoms with Crippen molar-refractivity contribution in [1.82, 2.24) is 4.90 Å².